The SMILES string of the molecule is CCCCCCCCCCC(=O)NCCC[Si](OCC)(OCC)OCCOc1ccc(N=Nc2ccc(C#N)cc2)cc1. The van der Waals surface area contributed by atoms with Crippen LogP contribution in [0, 0.1) is 11.3 Å². The van der Waals surface area contributed by atoms with Gasteiger partial charge in [0.05, 0.1) is 29.6 Å². The molecule has 0 saturated carbocycles. The van der Waals surface area contributed by atoms with Gasteiger partial charge in [0.2, 0.25) is 5.91 Å². The first kappa shape index (κ1) is 36.1. The van der Waals surface area contributed by atoms with E-state index in [0.717, 1.165) is 19.3 Å². The van der Waals surface area contributed by atoms with Crippen LogP contribution in [0.1, 0.15) is 90.5 Å². The van der Waals surface area contributed by atoms with Gasteiger partial charge in [-0.2, -0.15) is 15.5 Å². The van der Waals surface area contributed by atoms with E-state index in [2.05, 4.69) is 28.5 Å². The summed E-state index contributed by atoms with van der Waals surface area (Å²) >= 11 is 0. The van der Waals surface area contributed by atoms with Crippen molar-refractivity contribution in [1.29, 1.82) is 5.26 Å². The van der Waals surface area contributed by atoms with Crippen LogP contribution in [0.25, 0.3) is 0 Å². The smallest absolute Gasteiger partial charge is 0.491 e. The molecule has 0 aliphatic carbocycles. The Kier molecular flexibility index (Phi) is 18.8. The molecule has 0 atom stereocenters. The van der Waals surface area contributed by atoms with Gasteiger partial charge < -0.3 is 23.3 Å². The fraction of sp³-hybridized carbons (Fsp3) is 0.576. The molecule has 0 aliphatic heterocycles. The van der Waals surface area contributed by atoms with Crippen molar-refractivity contribution in [2.75, 3.05) is 33.0 Å². The molecule has 10 heteroatoms. The average Bonchev–Trinajstić information content (AvgIpc) is 3.03. The molecule has 0 saturated heterocycles. The highest BCUT2D eigenvalue weighted by Crippen LogP contribution is 2.22. The third kappa shape index (κ3) is 15.8. The van der Waals surface area contributed by atoms with Crippen molar-refractivity contribution in [2.24, 2.45) is 10.2 Å². The Hall–Kier alpha value is -3.10. The molecule has 0 fully saturated rings. The van der Waals surface area contributed by atoms with E-state index < -0.39 is 8.80 Å². The summed E-state index contributed by atoms with van der Waals surface area (Å²) in [6.07, 6.45) is 11.1. The van der Waals surface area contributed by atoms with Crippen LogP contribution in [0.2, 0.25) is 6.04 Å². The molecule has 2 aromatic rings. The van der Waals surface area contributed by atoms with Crippen LogP contribution in [0.5, 0.6) is 5.75 Å². The zero-order valence-corrected chi connectivity index (χ0v) is 27.3. The number of nitriles is 1. The number of carbonyl (C=O) groups excluding carboxylic acids is 1. The number of amides is 1. The van der Waals surface area contributed by atoms with E-state index in [0.29, 0.717) is 68.1 Å². The van der Waals surface area contributed by atoms with E-state index in [9.17, 15) is 4.79 Å². The molecule has 0 heterocycles. The number of carbonyl (C=O) groups is 1. The first-order valence-electron chi connectivity index (χ1n) is 15.9. The molecular weight excluding hydrogens is 560 g/mol. The predicted molar refractivity (Wildman–Crippen MR) is 172 cm³/mol. The van der Waals surface area contributed by atoms with E-state index >= 15 is 0 Å². The first-order chi connectivity index (χ1) is 21.0. The van der Waals surface area contributed by atoms with Crippen LogP contribution in [-0.2, 0) is 18.1 Å². The van der Waals surface area contributed by atoms with Gasteiger partial charge in [-0.3, -0.25) is 4.79 Å². The fourth-order valence-corrected chi connectivity index (χ4v) is 7.07. The number of hydrogen-bond donors (Lipinski definition) is 1. The van der Waals surface area contributed by atoms with Crippen molar-refractivity contribution in [1.82, 2.24) is 5.32 Å². The van der Waals surface area contributed by atoms with Gasteiger partial charge in [0.15, 0.2) is 0 Å². The lowest BCUT2D eigenvalue weighted by Gasteiger charge is -2.29. The number of benzene rings is 2. The van der Waals surface area contributed by atoms with Crippen LogP contribution < -0.4 is 10.1 Å². The summed E-state index contributed by atoms with van der Waals surface area (Å²) in [6.45, 7) is 8.36. The first-order valence-corrected chi connectivity index (χ1v) is 17.8. The fourth-order valence-electron chi connectivity index (χ4n) is 4.51. The summed E-state index contributed by atoms with van der Waals surface area (Å²) in [5.41, 5.74) is 1.95. The molecule has 0 radical (unpaired) electrons. The Morgan fingerprint density at radius 1 is 0.767 bits per heavy atom. The van der Waals surface area contributed by atoms with Gasteiger partial charge >= 0.3 is 8.80 Å². The molecule has 0 bridgehead atoms. The maximum atomic E-state index is 12.3. The number of ether oxygens (including phenoxy) is 1. The van der Waals surface area contributed by atoms with Gasteiger partial charge in [0.1, 0.15) is 12.4 Å². The lowest BCUT2D eigenvalue weighted by molar-refractivity contribution is -0.121. The van der Waals surface area contributed by atoms with Gasteiger partial charge in [0, 0.05) is 32.2 Å². The van der Waals surface area contributed by atoms with Crippen LogP contribution in [0.4, 0.5) is 11.4 Å². The second kappa shape index (κ2) is 22.4. The molecule has 0 aliphatic rings. The Bertz CT molecular complexity index is 1080. The number of hydrogen-bond acceptors (Lipinski definition) is 8. The van der Waals surface area contributed by atoms with Crippen LogP contribution in [0.15, 0.2) is 58.8 Å². The molecule has 236 valence electrons. The number of nitrogens with zero attached hydrogens (tertiary/aromatic N) is 3. The highest BCUT2D eigenvalue weighted by molar-refractivity contribution is 6.60. The highest BCUT2D eigenvalue weighted by Gasteiger charge is 2.40. The molecule has 1 amide bonds. The number of rotatable bonds is 24. The van der Waals surface area contributed by atoms with Crippen LogP contribution in [0.3, 0.4) is 0 Å². The van der Waals surface area contributed by atoms with Gasteiger partial charge in [-0.05, 0) is 75.2 Å². The molecule has 43 heavy (non-hydrogen) atoms. The normalized spacial score (nSPS) is 11.5. The molecule has 2 aromatic carbocycles. The van der Waals surface area contributed by atoms with Crippen molar-refractivity contribution in [3.63, 3.8) is 0 Å². The summed E-state index contributed by atoms with van der Waals surface area (Å²) in [6, 6.07) is 16.9. The summed E-state index contributed by atoms with van der Waals surface area (Å²) in [5, 5.41) is 20.4. The van der Waals surface area contributed by atoms with Crippen molar-refractivity contribution >= 4 is 26.1 Å². The predicted octanol–water partition coefficient (Wildman–Crippen LogP) is 8.42. The minimum atomic E-state index is -2.89. The topological polar surface area (TPSA) is 115 Å². The average molecular weight is 611 g/mol. The van der Waals surface area contributed by atoms with Crippen molar-refractivity contribution < 1.29 is 22.8 Å². The summed E-state index contributed by atoms with van der Waals surface area (Å²) in [4.78, 5) is 12.3. The maximum absolute atomic E-state index is 12.3. The zero-order chi connectivity index (χ0) is 31.0. The van der Waals surface area contributed by atoms with Crippen LogP contribution in [-0.4, -0.2) is 47.7 Å². The molecule has 1 N–H and O–H groups in total. The summed E-state index contributed by atoms with van der Waals surface area (Å²) in [5.74, 6) is 0.808. The number of azo groups is 1. The van der Waals surface area contributed by atoms with E-state index in [-0.39, 0.29) is 5.91 Å². The Balaban J connectivity index is 1.69. The molecule has 2 rings (SSSR count). The van der Waals surface area contributed by atoms with E-state index in [1.807, 2.05) is 38.1 Å². The molecule has 0 unspecified atom stereocenters. The van der Waals surface area contributed by atoms with E-state index in [4.69, 9.17) is 23.3 Å². The molecule has 0 spiro atoms. The van der Waals surface area contributed by atoms with Crippen molar-refractivity contribution in [3.05, 3.63) is 54.1 Å². The summed E-state index contributed by atoms with van der Waals surface area (Å²) < 4.78 is 24.1. The molecular formula is C33H50N4O5Si. The number of unbranched alkanes of at least 4 members (excludes halogenated alkanes) is 7. The lowest BCUT2D eigenvalue weighted by atomic mass is 10.1. The monoisotopic (exact) mass is 610 g/mol. The second-order valence-corrected chi connectivity index (χ2v) is 13.0. The lowest BCUT2D eigenvalue weighted by Crippen LogP contribution is -2.47. The number of nitrogens with one attached hydrogen (secondary N) is 1. The largest absolute Gasteiger partial charge is 0.501 e. The Morgan fingerprint density at radius 2 is 1.35 bits per heavy atom. The van der Waals surface area contributed by atoms with Crippen molar-refractivity contribution in [2.45, 2.75) is 91.0 Å². The second-order valence-electron chi connectivity index (χ2n) is 10.3. The van der Waals surface area contributed by atoms with Gasteiger partial charge in [0.25, 0.3) is 0 Å². The van der Waals surface area contributed by atoms with Gasteiger partial charge in [-0.25, -0.2) is 0 Å². The van der Waals surface area contributed by atoms with Gasteiger partial charge in [-0.15, -0.1) is 0 Å². The van der Waals surface area contributed by atoms with Crippen molar-refractivity contribution in [3.8, 4) is 11.8 Å². The van der Waals surface area contributed by atoms with Crippen LogP contribution >= 0.6 is 0 Å². The molecule has 9 nitrogen and oxygen atoms in total. The Labute approximate surface area is 259 Å². The minimum Gasteiger partial charge on any atom is -0.491 e. The Morgan fingerprint density at radius 3 is 1.93 bits per heavy atom. The third-order valence-corrected chi connectivity index (χ3v) is 9.82. The maximum Gasteiger partial charge on any atom is 0.501 e. The highest BCUT2D eigenvalue weighted by atomic mass is 28.4. The van der Waals surface area contributed by atoms with Gasteiger partial charge in [-0.1, -0.05) is 51.9 Å². The van der Waals surface area contributed by atoms with E-state index in [1.54, 1.807) is 24.3 Å². The third-order valence-electron chi connectivity index (χ3n) is 6.76. The van der Waals surface area contributed by atoms with E-state index in [1.165, 1.54) is 38.5 Å². The summed E-state index contributed by atoms with van der Waals surface area (Å²) in [7, 11) is -2.89. The minimum absolute atomic E-state index is 0.113. The zero-order valence-electron chi connectivity index (χ0n) is 26.3. The standard InChI is InChI=1S/C33H50N4O5Si/c1-4-7-8-9-10-11-12-13-15-33(38)35-24-14-27-43(40-5-2,41-6-3)42-26-25-39-32-22-20-31(21-23-32)37-36-30-18-16-29(28-34)17-19-30/h16-23H,4-15,24-27H2,1-3H3,(H,35,38). The quantitative estimate of drug-likeness (QED) is 0.0725. The molecule has 0 aromatic heterocycles.